The zero-order valence-electron chi connectivity index (χ0n) is 10.6. The third-order valence-electron chi connectivity index (χ3n) is 3.80. The van der Waals surface area contributed by atoms with E-state index in [1.165, 1.54) is 5.39 Å². The summed E-state index contributed by atoms with van der Waals surface area (Å²) >= 11 is 0. The number of aromatic nitrogens is 1. The fourth-order valence-corrected chi connectivity index (χ4v) is 2.85. The molecule has 92 valence electrons. The lowest BCUT2D eigenvalue weighted by molar-refractivity contribution is -0.119. The van der Waals surface area contributed by atoms with E-state index in [9.17, 15) is 4.79 Å². The highest BCUT2D eigenvalue weighted by Gasteiger charge is 2.40. The number of nitrogens with zero attached hydrogens (tertiary/aromatic N) is 1. The lowest BCUT2D eigenvalue weighted by Gasteiger charge is -2.27. The third kappa shape index (κ3) is 1.67. The highest BCUT2D eigenvalue weighted by molar-refractivity contribution is 5.88. The van der Waals surface area contributed by atoms with Crippen molar-refractivity contribution in [2.24, 2.45) is 0 Å². The van der Waals surface area contributed by atoms with Crippen LogP contribution in [0.15, 0.2) is 36.7 Å². The summed E-state index contributed by atoms with van der Waals surface area (Å²) in [4.78, 5) is 16.0. The van der Waals surface area contributed by atoms with Crippen LogP contribution in [-0.2, 0) is 4.79 Å². The molecule has 0 saturated carbocycles. The lowest BCUT2D eigenvalue weighted by Crippen LogP contribution is -2.38. The van der Waals surface area contributed by atoms with Crippen LogP contribution >= 0.6 is 0 Å². The van der Waals surface area contributed by atoms with Crippen LogP contribution in [0.2, 0.25) is 0 Å². The van der Waals surface area contributed by atoms with Crippen LogP contribution in [0.3, 0.4) is 0 Å². The minimum absolute atomic E-state index is 0.123. The Balaban J connectivity index is 2.18. The Kier molecular flexibility index (Phi) is 2.37. The van der Waals surface area contributed by atoms with Crippen molar-refractivity contribution in [1.29, 1.82) is 0 Å². The molecule has 2 aromatic rings. The first-order chi connectivity index (χ1) is 8.58. The molecule has 3 nitrogen and oxygen atoms in total. The smallest absolute Gasteiger partial charge is 0.221 e. The van der Waals surface area contributed by atoms with E-state index in [2.05, 4.69) is 36.3 Å². The van der Waals surface area contributed by atoms with Crippen LogP contribution in [-0.4, -0.2) is 16.4 Å². The topological polar surface area (TPSA) is 42.0 Å². The molecule has 0 bridgehead atoms. The van der Waals surface area contributed by atoms with Gasteiger partial charge in [-0.15, -0.1) is 0 Å². The Labute approximate surface area is 106 Å². The first kappa shape index (κ1) is 11.2. The molecule has 1 aromatic heterocycles. The number of nitrogens with one attached hydrogen (secondary N) is 1. The van der Waals surface area contributed by atoms with Gasteiger partial charge < -0.3 is 5.32 Å². The predicted octanol–water partition coefficient (Wildman–Crippen LogP) is 2.62. The van der Waals surface area contributed by atoms with Crippen molar-refractivity contribution < 1.29 is 4.79 Å². The quantitative estimate of drug-likeness (QED) is 0.832. The molecule has 1 amide bonds. The van der Waals surface area contributed by atoms with Crippen LogP contribution in [0, 0.1) is 0 Å². The second-order valence-electron chi connectivity index (χ2n) is 5.48. The van der Waals surface area contributed by atoms with E-state index in [1.807, 2.05) is 24.5 Å². The third-order valence-corrected chi connectivity index (χ3v) is 3.80. The Morgan fingerprint density at radius 3 is 2.78 bits per heavy atom. The number of fused-ring (bicyclic) bond motifs is 1. The van der Waals surface area contributed by atoms with Gasteiger partial charge in [0.25, 0.3) is 0 Å². The maximum absolute atomic E-state index is 11.6. The lowest BCUT2D eigenvalue weighted by atomic mass is 9.82. The van der Waals surface area contributed by atoms with E-state index >= 15 is 0 Å². The largest absolute Gasteiger partial charge is 0.351 e. The van der Waals surface area contributed by atoms with E-state index in [0.717, 1.165) is 10.9 Å². The molecule has 18 heavy (non-hydrogen) atoms. The Bertz CT molecular complexity index is 613. The van der Waals surface area contributed by atoms with Crippen molar-refractivity contribution in [1.82, 2.24) is 10.3 Å². The molecule has 1 unspecified atom stereocenters. The van der Waals surface area contributed by atoms with Crippen molar-refractivity contribution >= 4 is 16.7 Å². The fraction of sp³-hybridized carbons (Fsp3) is 0.333. The first-order valence-corrected chi connectivity index (χ1v) is 6.21. The maximum Gasteiger partial charge on any atom is 0.221 e. The summed E-state index contributed by atoms with van der Waals surface area (Å²) < 4.78 is 0. The summed E-state index contributed by atoms with van der Waals surface area (Å²) in [5, 5.41) is 5.37. The average Bonchev–Trinajstić information content (AvgIpc) is 2.61. The maximum atomic E-state index is 11.6. The van der Waals surface area contributed by atoms with Gasteiger partial charge in [0.1, 0.15) is 0 Å². The molecule has 1 saturated heterocycles. The molecule has 2 heterocycles. The molecule has 1 aliphatic heterocycles. The van der Waals surface area contributed by atoms with Gasteiger partial charge in [-0.25, -0.2) is 0 Å². The molecule has 1 N–H and O–H groups in total. The van der Waals surface area contributed by atoms with E-state index in [0.29, 0.717) is 6.42 Å². The molecule has 3 heteroatoms. The molecule has 0 spiro atoms. The van der Waals surface area contributed by atoms with Crippen molar-refractivity contribution in [2.75, 3.05) is 0 Å². The Hall–Kier alpha value is -1.90. The van der Waals surface area contributed by atoms with E-state index < -0.39 is 0 Å². The van der Waals surface area contributed by atoms with E-state index in [1.54, 1.807) is 0 Å². The summed E-state index contributed by atoms with van der Waals surface area (Å²) in [6.07, 6.45) is 4.31. The van der Waals surface area contributed by atoms with Crippen LogP contribution in [0.5, 0.6) is 0 Å². The Morgan fingerprint density at radius 1 is 1.28 bits per heavy atom. The fourth-order valence-electron chi connectivity index (χ4n) is 2.85. The van der Waals surface area contributed by atoms with Crippen LogP contribution in [0.4, 0.5) is 0 Å². The van der Waals surface area contributed by atoms with Crippen molar-refractivity contribution in [3.8, 4) is 0 Å². The van der Waals surface area contributed by atoms with Crippen LogP contribution in [0.1, 0.15) is 31.7 Å². The second kappa shape index (κ2) is 3.80. The van der Waals surface area contributed by atoms with E-state index in [4.69, 9.17) is 0 Å². The SMILES string of the molecule is CC1(C)NC(=O)CC1c1cncc2ccccc12. The highest BCUT2D eigenvalue weighted by atomic mass is 16.2. The molecule has 1 aliphatic rings. The standard InChI is InChI=1S/C15H16N2O/c1-15(2)13(7-14(18)17-15)12-9-16-8-10-5-3-4-6-11(10)12/h3-6,8-9,13H,7H2,1-2H3,(H,17,18). The molecular weight excluding hydrogens is 224 g/mol. The zero-order chi connectivity index (χ0) is 12.8. The number of amides is 1. The Morgan fingerprint density at radius 2 is 2.06 bits per heavy atom. The molecule has 1 aromatic carbocycles. The van der Waals surface area contributed by atoms with Gasteiger partial charge in [0.15, 0.2) is 0 Å². The molecule has 0 aliphatic carbocycles. The summed E-state index contributed by atoms with van der Waals surface area (Å²) in [7, 11) is 0. The molecule has 1 atom stereocenters. The van der Waals surface area contributed by atoms with Crippen molar-refractivity contribution in [3.63, 3.8) is 0 Å². The van der Waals surface area contributed by atoms with Gasteiger partial charge >= 0.3 is 0 Å². The predicted molar refractivity (Wildman–Crippen MR) is 71.3 cm³/mol. The average molecular weight is 240 g/mol. The van der Waals surface area contributed by atoms with Crippen molar-refractivity contribution in [3.05, 3.63) is 42.2 Å². The van der Waals surface area contributed by atoms with Gasteiger partial charge in [-0.2, -0.15) is 0 Å². The number of rotatable bonds is 1. The number of hydrogen-bond donors (Lipinski definition) is 1. The summed E-state index contributed by atoms with van der Waals surface area (Å²) in [6, 6.07) is 8.20. The highest BCUT2D eigenvalue weighted by Crippen LogP contribution is 2.38. The minimum Gasteiger partial charge on any atom is -0.351 e. The van der Waals surface area contributed by atoms with Crippen molar-refractivity contribution in [2.45, 2.75) is 31.7 Å². The monoisotopic (exact) mass is 240 g/mol. The van der Waals surface area contributed by atoms with E-state index in [-0.39, 0.29) is 17.4 Å². The summed E-state index contributed by atoms with van der Waals surface area (Å²) in [5.74, 6) is 0.307. The number of benzene rings is 1. The zero-order valence-corrected chi connectivity index (χ0v) is 10.6. The number of pyridine rings is 1. The van der Waals surface area contributed by atoms with Gasteiger partial charge in [0.05, 0.1) is 0 Å². The van der Waals surface area contributed by atoms with Crippen LogP contribution < -0.4 is 5.32 Å². The molecular formula is C15H16N2O. The van der Waals surface area contributed by atoms with Gasteiger partial charge in [-0.05, 0) is 24.8 Å². The van der Waals surface area contributed by atoms with Gasteiger partial charge in [0, 0.05) is 35.7 Å². The summed E-state index contributed by atoms with van der Waals surface area (Å²) in [6.45, 7) is 4.15. The molecule has 1 fully saturated rings. The van der Waals surface area contributed by atoms with Crippen LogP contribution in [0.25, 0.3) is 10.8 Å². The number of hydrogen-bond acceptors (Lipinski definition) is 2. The number of carbonyl (C=O) groups is 1. The number of carbonyl (C=O) groups excluding carboxylic acids is 1. The second-order valence-corrected chi connectivity index (χ2v) is 5.48. The van der Waals surface area contributed by atoms with Gasteiger partial charge in [0.2, 0.25) is 5.91 Å². The summed E-state index contributed by atoms with van der Waals surface area (Å²) in [5.41, 5.74) is 0.958. The molecule has 3 rings (SSSR count). The first-order valence-electron chi connectivity index (χ1n) is 6.21. The normalized spacial score (nSPS) is 22.1. The van der Waals surface area contributed by atoms with Gasteiger partial charge in [-0.1, -0.05) is 24.3 Å². The minimum atomic E-state index is -0.205. The molecule has 0 radical (unpaired) electrons. The van der Waals surface area contributed by atoms with Gasteiger partial charge in [-0.3, -0.25) is 9.78 Å².